The van der Waals surface area contributed by atoms with Gasteiger partial charge in [-0.25, -0.2) is 19.6 Å². The van der Waals surface area contributed by atoms with Crippen LogP contribution in [0.25, 0.3) is 0 Å². The number of hydrogen-bond acceptors (Lipinski definition) is 7. The molecule has 2 aromatic carbocycles. The lowest BCUT2D eigenvalue weighted by atomic mass is 10.1. The lowest BCUT2D eigenvalue weighted by Gasteiger charge is -2.35. The second-order valence-corrected chi connectivity index (χ2v) is 8.24. The van der Waals surface area contributed by atoms with Crippen molar-refractivity contribution in [1.29, 1.82) is 0 Å². The summed E-state index contributed by atoms with van der Waals surface area (Å²) in [5.41, 5.74) is 1.09. The number of imide groups is 1. The quantitative estimate of drug-likeness (QED) is 0.332. The monoisotopic (exact) mass is 491 g/mol. The van der Waals surface area contributed by atoms with Gasteiger partial charge in [0.1, 0.15) is 12.6 Å². The smallest absolute Gasteiger partial charge is 0.429 e. The molecule has 0 bridgehead atoms. The van der Waals surface area contributed by atoms with E-state index in [9.17, 15) is 24.0 Å². The number of hydrazine groups is 1. The molecule has 2 aromatic rings. The lowest BCUT2D eigenvalue weighted by molar-refractivity contribution is -0.162. The van der Waals surface area contributed by atoms with Crippen LogP contribution in [-0.4, -0.2) is 70.4 Å². The van der Waals surface area contributed by atoms with Gasteiger partial charge in [-0.1, -0.05) is 48.5 Å². The van der Waals surface area contributed by atoms with E-state index in [0.717, 1.165) is 20.5 Å². The Bertz CT molecular complexity index is 1180. The summed E-state index contributed by atoms with van der Waals surface area (Å²) >= 11 is 0. The predicted octanol–water partition coefficient (Wildman–Crippen LogP) is 2.55. The summed E-state index contributed by atoms with van der Waals surface area (Å²) in [6, 6.07) is 12.8. The topological polar surface area (TPSA) is 114 Å². The number of amides is 4. The Labute approximate surface area is 207 Å². The molecule has 2 aliphatic heterocycles. The van der Waals surface area contributed by atoms with Crippen molar-refractivity contribution in [3.8, 4) is 0 Å². The third-order valence-electron chi connectivity index (χ3n) is 6.10. The fourth-order valence-electron chi connectivity index (χ4n) is 4.36. The Kier molecular flexibility index (Phi) is 7.14. The average Bonchev–Trinajstić information content (AvgIpc) is 3.45. The van der Waals surface area contributed by atoms with E-state index in [-0.39, 0.29) is 37.1 Å². The first-order valence-corrected chi connectivity index (χ1v) is 11.4. The van der Waals surface area contributed by atoms with Gasteiger partial charge >= 0.3 is 12.1 Å². The van der Waals surface area contributed by atoms with Crippen molar-refractivity contribution in [2.45, 2.75) is 31.5 Å². The van der Waals surface area contributed by atoms with E-state index < -0.39 is 41.9 Å². The molecule has 0 radical (unpaired) electrons. The van der Waals surface area contributed by atoms with Crippen LogP contribution < -0.4 is 0 Å². The minimum Gasteiger partial charge on any atom is -0.467 e. The number of nitrogens with zero attached hydrogens (tertiary/aromatic N) is 3. The highest BCUT2D eigenvalue weighted by Crippen LogP contribution is 2.29. The van der Waals surface area contributed by atoms with Crippen molar-refractivity contribution in [3.63, 3.8) is 0 Å². The summed E-state index contributed by atoms with van der Waals surface area (Å²) in [5, 5.41) is 1.96. The Morgan fingerprint density at radius 1 is 1.03 bits per heavy atom. The number of carbonyl (C=O) groups is 5. The molecule has 2 aliphatic rings. The first-order valence-electron chi connectivity index (χ1n) is 11.4. The molecule has 0 aromatic heterocycles. The highest BCUT2D eigenvalue weighted by Gasteiger charge is 2.50. The predicted molar refractivity (Wildman–Crippen MR) is 126 cm³/mol. The zero-order valence-electron chi connectivity index (χ0n) is 19.7. The largest absolute Gasteiger partial charge is 0.467 e. The summed E-state index contributed by atoms with van der Waals surface area (Å²) in [6.45, 7) is 3.61. The summed E-state index contributed by atoms with van der Waals surface area (Å²) in [6.07, 6.45) is 0.565. The van der Waals surface area contributed by atoms with Crippen molar-refractivity contribution in [3.05, 3.63) is 83.9 Å². The zero-order chi connectivity index (χ0) is 25.8. The molecular weight excluding hydrogens is 466 g/mol. The van der Waals surface area contributed by atoms with E-state index in [1.54, 1.807) is 36.4 Å². The summed E-state index contributed by atoms with van der Waals surface area (Å²) < 4.78 is 10.2. The number of carbonyl (C=O) groups excluding carboxylic acids is 5. The maximum absolute atomic E-state index is 13.9. The first-order chi connectivity index (χ1) is 17.4. The van der Waals surface area contributed by atoms with Gasteiger partial charge < -0.3 is 9.47 Å². The fourth-order valence-corrected chi connectivity index (χ4v) is 4.36. The number of benzene rings is 2. The van der Waals surface area contributed by atoms with E-state index in [2.05, 4.69) is 6.58 Å². The zero-order valence-corrected chi connectivity index (χ0v) is 19.7. The van der Waals surface area contributed by atoms with Crippen molar-refractivity contribution in [2.75, 3.05) is 13.7 Å². The van der Waals surface area contributed by atoms with E-state index in [4.69, 9.17) is 9.47 Å². The number of hydrogen-bond donors (Lipinski definition) is 0. The molecule has 1 saturated heterocycles. The molecule has 0 N–H and O–H groups in total. The first kappa shape index (κ1) is 24.6. The Morgan fingerprint density at radius 2 is 1.64 bits per heavy atom. The van der Waals surface area contributed by atoms with Crippen LogP contribution in [0.5, 0.6) is 0 Å². The molecule has 0 aliphatic carbocycles. The van der Waals surface area contributed by atoms with Crippen molar-refractivity contribution in [1.82, 2.24) is 14.9 Å². The van der Waals surface area contributed by atoms with Gasteiger partial charge in [0.25, 0.3) is 17.7 Å². The minimum absolute atomic E-state index is 0.00204. The highest BCUT2D eigenvalue weighted by molar-refractivity contribution is 6.23. The van der Waals surface area contributed by atoms with E-state index in [0.29, 0.717) is 0 Å². The van der Waals surface area contributed by atoms with Crippen LogP contribution in [0, 0.1) is 0 Å². The normalized spacial score (nSPS) is 17.6. The minimum atomic E-state index is -1.33. The van der Waals surface area contributed by atoms with E-state index in [1.165, 1.54) is 25.3 Å². The van der Waals surface area contributed by atoms with Crippen molar-refractivity contribution >= 4 is 29.8 Å². The molecular formula is C26H25N3O7. The molecule has 10 heteroatoms. The average molecular weight is 492 g/mol. The number of rotatable bonds is 7. The van der Waals surface area contributed by atoms with Gasteiger partial charge in [-0.2, -0.15) is 0 Å². The molecule has 0 unspecified atom stereocenters. The van der Waals surface area contributed by atoms with Gasteiger partial charge in [0.15, 0.2) is 6.04 Å². The van der Waals surface area contributed by atoms with Crippen LogP contribution in [0.3, 0.4) is 0 Å². The second kappa shape index (κ2) is 10.4. The second-order valence-electron chi connectivity index (χ2n) is 8.24. The molecule has 0 spiro atoms. The molecule has 36 heavy (non-hydrogen) atoms. The third kappa shape index (κ3) is 4.45. The van der Waals surface area contributed by atoms with Gasteiger partial charge in [-0.3, -0.25) is 19.3 Å². The fraction of sp³-hybridized carbons (Fsp3) is 0.269. The summed E-state index contributed by atoms with van der Waals surface area (Å²) in [7, 11) is 1.17. The van der Waals surface area contributed by atoms with Crippen LogP contribution in [0.2, 0.25) is 0 Å². The molecule has 4 amide bonds. The maximum atomic E-state index is 13.9. The standard InChI is InChI=1S/C26H25N3O7/c1-3-9-20(28-22(30)18-12-7-8-13-19(18)23(28)31)24(32)29-21(25(33)35-2)14-15-27(29)26(34)36-16-17-10-5-4-6-11-17/h3-8,10-13,20-21H,1,9,14-16H2,2H3/t20-,21-/m0/s1. The number of methoxy groups -OCH3 is 1. The molecule has 4 rings (SSSR count). The molecule has 1 fully saturated rings. The molecule has 10 nitrogen and oxygen atoms in total. The molecule has 186 valence electrons. The number of esters is 1. The van der Waals surface area contributed by atoms with Gasteiger partial charge in [0, 0.05) is 13.0 Å². The third-order valence-corrected chi connectivity index (χ3v) is 6.10. The van der Waals surface area contributed by atoms with Gasteiger partial charge in [-0.15, -0.1) is 6.58 Å². The van der Waals surface area contributed by atoms with Crippen LogP contribution in [0.1, 0.15) is 39.1 Å². The summed E-state index contributed by atoms with van der Waals surface area (Å²) in [5.74, 6) is -2.80. The van der Waals surface area contributed by atoms with Gasteiger partial charge in [-0.05, 0) is 24.1 Å². The Hall–Kier alpha value is -4.47. The highest BCUT2D eigenvalue weighted by atomic mass is 16.6. The van der Waals surface area contributed by atoms with Gasteiger partial charge in [0.05, 0.1) is 18.2 Å². The maximum Gasteiger partial charge on any atom is 0.429 e. The van der Waals surface area contributed by atoms with Crippen molar-refractivity contribution < 1.29 is 33.4 Å². The van der Waals surface area contributed by atoms with Crippen LogP contribution in [-0.2, 0) is 25.7 Å². The van der Waals surface area contributed by atoms with Crippen LogP contribution >= 0.6 is 0 Å². The Morgan fingerprint density at radius 3 is 2.22 bits per heavy atom. The molecule has 2 heterocycles. The summed E-state index contributed by atoms with van der Waals surface area (Å²) in [4.78, 5) is 66.4. The number of fused-ring (bicyclic) bond motifs is 1. The van der Waals surface area contributed by atoms with Crippen LogP contribution in [0.15, 0.2) is 67.3 Å². The Balaban J connectivity index is 1.63. The van der Waals surface area contributed by atoms with Crippen LogP contribution in [0.4, 0.5) is 4.79 Å². The lowest BCUT2D eigenvalue weighted by Crippen LogP contribution is -2.58. The van der Waals surface area contributed by atoms with Gasteiger partial charge in [0.2, 0.25) is 0 Å². The van der Waals surface area contributed by atoms with Crippen molar-refractivity contribution in [2.24, 2.45) is 0 Å². The molecule has 2 atom stereocenters. The molecule has 0 saturated carbocycles. The van der Waals surface area contributed by atoms with E-state index in [1.807, 2.05) is 6.07 Å². The SMILES string of the molecule is C=CC[C@@H](C(=O)N1[C@H](C(=O)OC)CCN1C(=O)OCc1ccccc1)N1C(=O)c2ccccc2C1=O. The number of ether oxygens (including phenoxy) is 2. The van der Waals surface area contributed by atoms with E-state index >= 15 is 0 Å².